The molecule has 0 amide bonds. The molecule has 0 atom stereocenters. The third kappa shape index (κ3) is 2.03. The summed E-state index contributed by atoms with van der Waals surface area (Å²) in [5.74, 6) is 0.0265. The molecule has 6 nitrogen and oxygen atoms in total. The van der Waals surface area contributed by atoms with Crippen LogP contribution in [0.4, 0.5) is 5.69 Å². The quantitative estimate of drug-likeness (QED) is 0.899. The van der Waals surface area contributed by atoms with Gasteiger partial charge in [-0.2, -0.15) is 0 Å². The van der Waals surface area contributed by atoms with Gasteiger partial charge in [0.05, 0.1) is 17.9 Å². The number of hydrogen-bond donors (Lipinski definition) is 1. The van der Waals surface area contributed by atoms with Crippen LogP contribution in [0.25, 0.3) is 0 Å². The SMILES string of the molecule is Cc1cc(N2CCn3ccnc3C2)c(C(=O)O)c(C)n1. The van der Waals surface area contributed by atoms with Gasteiger partial charge in [0, 0.05) is 31.2 Å². The Balaban J connectivity index is 2.05. The van der Waals surface area contributed by atoms with Crippen LogP contribution in [0.15, 0.2) is 18.5 Å². The Labute approximate surface area is 116 Å². The van der Waals surface area contributed by atoms with Crippen LogP contribution in [-0.2, 0) is 13.1 Å². The second-order valence-corrected chi connectivity index (χ2v) is 5.01. The third-order valence-electron chi connectivity index (χ3n) is 3.61. The summed E-state index contributed by atoms with van der Waals surface area (Å²) >= 11 is 0. The van der Waals surface area contributed by atoms with Gasteiger partial charge < -0.3 is 14.6 Å². The summed E-state index contributed by atoms with van der Waals surface area (Å²) in [5.41, 5.74) is 2.41. The molecule has 2 aromatic rings. The molecule has 104 valence electrons. The molecular formula is C14H16N4O2. The summed E-state index contributed by atoms with van der Waals surface area (Å²) in [6, 6.07) is 1.84. The van der Waals surface area contributed by atoms with Crippen molar-refractivity contribution in [3.8, 4) is 0 Å². The highest BCUT2D eigenvalue weighted by molar-refractivity contribution is 5.95. The number of imidazole rings is 1. The van der Waals surface area contributed by atoms with Gasteiger partial charge in [-0.25, -0.2) is 9.78 Å². The standard InChI is InChI=1S/C14H16N4O2/c1-9-7-11(13(14(19)20)10(2)16-9)18-6-5-17-4-3-15-12(17)8-18/h3-4,7H,5-6,8H2,1-2H3,(H,19,20). The van der Waals surface area contributed by atoms with Gasteiger partial charge >= 0.3 is 5.97 Å². The zero-order valence-corrected chi connectivity index (χ0v) is 11.5. The lowest BCUT2D eigenvalue weighted by Crippen LogP contribution is -2.35. The Morgan fingerprint density at radius 1 is 1.35 bits per heavy atom. The van der Waals surface area contributed by atoms with E-state index in [1.54, 1.807) is 13.1 Å². The number of aryl methyl sites for hydroxylation is 2. The van der Waals surface area contributed by atoms with Crippen molar-refractivity contribution in [2.24, 2.45) is 0 Å². The maximum absolute atomic E-state index is 11.5. The van der Waals surface area contributed by atoms with Crippen LogP contribution in [0.2, 0.25) is 0 Å². The largest absolute Gasteiger partial charge is 0.478 e. The monoisotopic (exact) mass is 272 g/mol. The predicted molar refractivity (Wildman–Crippen MR) is 73.9 cm³/mol. The van der Waals surface area contributed by atoms with Gasteiger partial charge in [0.1, 0.15) is 11.4 Å². The maximum Gasteiger partial charge on any atom is 0.339 e. The molecule has 3 rings (SSSR count). The molecule has 1 N–H and O–H groups in total. The van der Waals surface area contributed by atoms with Crippen molar-refractivity contribution in [3.63, 3.8) is 0 Å². The minimum absolute atomic E-state index is 0.288. The zero-order valence-electron chi connectivity index (χ0n) is 11.5. The molecule has 3 heterocycles. The van der Waals surface area contributed by atoms with Crippen LogP contribution in [-0.4, -0.2) is 32.2 Å². The van der Waals surface area contributed by atoms with Crippen molar-refractivity contribution in [1.29, 1.82) is 0 Å². The topological polar surface area (TPSA) is 71.2 Å². The number of carboxylic acid groups (broad SMARTS) is 1. The van der Waals surface area contributed by atoms with E-state index in [-0.39, 0.29) is 5.56 Å². The van der Waals surface area contributed by atoms with Gasteiger partial charge in [-0.15, -0.1) is 0 Å². The summed E-state index contributed by atoms with van der Waals surface area (Å²) in [4.78, 5) is 22.1. The first-order chi connectivity index (χ1) is 9.56. The number of hydrogen-bond acceptors (Lipinski definition) is 4. The molecule has 0 radical (unpaired) electrons. The van der Waals surface area contributed by atoms with Crippen LogP contribution in [0, 0.1) is 13.8 Å². The van der Waals surface area contributed by atoms with Crippen molar-refractivity contribution >= 4 is 11.7 Å². The van der Waals surface area contributed by atoms with Crippen molar-refractivity contribution in [2.45, 2.75) is 26.9 Å². The molecule has 1 aliphatic heterocycles. The summed E-state index contributed by atoms with van der Waals surface area (Å²) in [7, 11) is 0. The molecule has 0 aromatic carbocycles. The fraction of sp³-hybridized carbons (Fsp3) is 0.357. The van der Waals surface area contributed by atoms with E-state index in [1.165, 1.54) is 0 Å². The first-order valence-corrected chi connectivity index (χ1v) is 6.53. The maximum atomic E-state index is 11.5. The van der Waals surface area contributed by atoms with Crippen molar-refractivity contribution in [1.82, 2.24) is 14.5 Å². The van der Waals surface area contributed by atoms with Gasteiger partial charge in [-0.3, -0.25) is 4.98 Å². The van der Waals surface area contributed by atoms with Gasteiger partial charge in [-0.1, -0.05) is 0 Å². The minimum atomic E-state index is -0.932. The highest BCUT2D eigenvalue weighted by Gasteiger charge is 2.23. The number of anilines is 1. The number of aromatic nitrogens is 3. The number of pyridine rings is 1. The van der Waals surface area contributed by atoms with E-state index >= 15 is 0 Å². The number of rotatable bonds is 2. The lowest BCUT2D eigenvalue weighted by molar-refractivity contribution is 0.0696. The molecule has 0 spiro atoms. The summed E-state index contributed by atoms with van der Waals surface area (Å²) < 4.78 is 2.10. The number of aromatic carboxylic acids is 1. The van der Waals surface area contributed by atoms with Crippen LogP contribution >= 0.6 is 0 Å². The molecule has 2 aromatic heterocycles. The van der Waals surface area contributed by atoms with E-state index in [9.17, 15) is 9.90 Å². The van der Waals surface area contributed by atoms with Crippen molar-refractivity contribution in [3.05, 3.63) is 41.2 Å². The van der Waals surface area contributed by atoms with Gasteiger partial charge in [0.25, 0.3) is 0 Å². The van der Waals surface area contributed by atoms with Crippen LogP contribution < -0.4 is 4.90 Å². The lowest BCUT2D eigenvalue weighted by Gasteiger charge is -2.31. The molecule has 0 saturated heterocycles. The Bertz CT molecular complexity index is 678. The van der Waals surface area contributed by atoms with E-state index < -0.39 is 5.97 Å². The first-order valence-electron chi connectivity index (χ1n) is 6.53. The highest BCUT2D eigenvalue weighted by atomic mass is 16.4. The zero-order chi connectivity index (χ0) is 14.3. The van der Waals surface area contributed by atoms with Gasteiger partial charge in [0.15, 0.2) is 0 Å². The number of carbonyl (C=O) groups is 1. The Morgan fingerprint density at radius 2 is 2.15 bits per heavy atom. The van der Waals surface area contributed by atoms with E-state index in [0.717, 1.165) is 30.3 Å². The Morgan fingerprint density at radius 3 is 2.90 bits per heavy atom. The molecule has 20 heavy (non-hydrogen) atoms. The van der Waals surface area contributed by atoms with Gasteiger partial charge in [0.2, 0.25) is 0 Å². The van der Waals surface area contributed by atoms with Crippen LogP contribution in [0.3, 0.4) is 0 Å². The van der Waals surface area contributed by atoms with E-state index in [4.69, 9.17) is 0 Å². The summed E-state index contributed by atoms with van der Waals surface area (Å²) in [6.45, 7) is 5.83. The number of nitrogens with zero attached hydrogens (tertiary/aromatic N) is 4. The van der Waals surface area contributed by atoms with E-state index in [1.807, 2.05) is 19.2 Å². The predicted octanol–water partition coefficient (Wildman–Crippen LogP) is 1.61. The summed E-state index contributed by atoms with van der Waals surface area (Å²) in [6.07, 6.45) is 3.73. The Kier molecular flexibility index (Phi) is 2.93. The van der Waals surface area contributed by atoms with Crippen LogP contribution in [0.5, 0.6) is 0 Å². The lowest BCUT2D eigenvalue weighted by atomic mass is 10.1. The van der Waals surface area contributed by atoms with Gasteiger partial charge in [-0.05, 0) is 19.9 Å². The van der Waals surface area contributed by atoms with Crippen molar-refractivity contribution in [2.75, 3.05) is 11.4 Å². The molecule has 0 aliphatic carbocycles. The molecular weight excluding hydrogens is 256 g/mol. The highest BCUT2D eigenvalue weighted by Crippen LogP contribution is 2.27. The van der Waals surface area contributed by atoms with E-state index in [0.29, 0.717) is 12.2 Å². The fourth-order valence-corrected chi connectivity index (χ4v) is 2.70. The second kappa shape index (κ2) is 4.63. The number of carboxylic acids is 1. The minimum Gasteiger partial charge on any atom is -0.478 e. The Hall–Kier alpha value is -2.37. The smallest absolute Gasteiger partial charge is 0.339 e. The number of fused-ring (bicyclic) bond motifs is 1. The molecule has 0 saturated carbocycles. The van der Waals surface area contributed by atoms with E-state index in [2.05, 4.69) is 19.4 Å². The van der Waals surface area contributed by atoms with Crippen LogP contribution in [0.1, 0.15) is 27.6 Å². The first kappa shape index (κ1) is 12.7. The summed E-state index contributed by atoms with van der Waals surface area (Å²) in [5, 5.41) is 9.44. The normalized spacial score (nSPS) is 14.2. The molecule has 0 unspecified atom stereocenters. The average molecular weight is 272 g/mol. The molecule has 1 aliphatic rings. The fourth-order valence-electron chi connectivity index (χ4n) is 2.70. The average Bonchev–Trinajstić information content (AvgIpc) is 2.84. The second-order valence-electron chi connectivity index (χ2n) is 5.01. The van der Waals surface area contributed by atoms with Crippen molar-refractivity contribution < 1.29 is 9.90 Å². The molecule has 0 fully saturated rings. The third-order valence-corrected chi connectivity index (χ3v) is 3.61. The molecule has 0 bridgehead atoms. The molecule has 6 heteroatoms.